The number of nitrogens with zero attached hydrogens (tertiary/aromatic N) is 5. The van der Waals surface area contributed by atoms with E-state index in [0.717, 1.165) is 0 Å². The molecule has 0 N–H and O–H groups in total. The van der Waals surface area contributed by atoms with E-state index in [-0.39, 0.29) is 6.54 Å². The zero-order valence-corrected chi connectivity index (χ0v) is 6.60. The maximum atomic E-state index is 7.94. The predicted molar refractivity (Wildman–Crippen MR) is 44.1 cm³/mol. The summed E-state index contributed by atoms with van der Waals surface area (Å²) in [5.74, 6) is 5.42. The Hall–Kier alpha value is -1.92. The van der Waals surface area contributed by atoms with Crippen LogP contribution in [0.15, 0.2) is 17.6 Å². The van der Waals surface area contributed by atoms with Crippen molar-refractivity contribution in [2.75, 3.05) is 6.54 Å². The minimum Gasteiger partial charge on any atom is -0.339 e. The zero-order valence-electron chi connectivity index (χ0n) is 6.60. The Morgan fingerprint density at radius 2 is 2.67 bits per heavy atom. The standard InChI is InChI=1S/C7H7N5/c1-12-5-7(9-6-12)3-2-4-10-11-8/h5-6H,4H2,1H3. The molecule has 0 unspecified atom stereocenters. The van der Waals surface area contributed by atoms with Gasteiger partial charge in [0, 0.05) is 18.2 Å². The van der Waals surface area contributed by atoms with Gasteiger partial charge in [0.05, 0.1) is 12.9 Å². The molecule has 0 aliphatic carbocycles. The topological polar surface area (TPSA) is 66.6 Å². The fourth-order valence-corrected chi connectivity index (χ4v) is 0.674. The Labute approximate surface area is 69.7 Å². The van der Waals surface area contributed by atoms with Crippen LogP contribution in [0.3, 0.4) is 0 Å². The van der Waals surface area contributed by atoms with Gasteiger partial charge in [-0.25, -0.2) is 4.98 Å². The lowest BCUT2D eigenvalue weighted by Gasteiger charge is -1.78. The van der Waals surface area contributed by atoms with Crippen molar-refractivity contribution in [3.63, 3.8) is 0 Å². The SMILES string of the molecule is Cn1cnc(C#CCN=[N+]=[N-])c1. The van der Waals surface area contributed by atoms with Gasteiger partial charge in [-0.1, -0.05) is 11.0 Å². The van der Waals surface area contributed by atoms with Crippen LogP contribution in [0.4, 0.5) is 0 Å². The molecule has 1 aromatic heterocycles. The van der Waals surface area contributed by atoms with Crippen molar-refractivity contribution in [1.82, 2.24) is 9.55 Å². The Morgan fingerprint density at radius 3 is 3.25 bits per heavy atom. The van der Waals surface area contributed by atoms with Crippen LogP contribution in [0.25, 0.3) is 10.4 Å². The number of rotatable bonds is 1. The van der Waals surface area contributed by atoms with Crippen LogP contribution >= 0.6 is 0 Å². The van der Waals surface area contributed by atoms with Crippen LogP contribution in [-0.2, 0) is 7.05 Å². The number of azide groups is 1. The molecule has 12 heavy (non-hydrogen) atoms. The quantitative estimate of drug-likeness (QED) is 0.263. The van der Waals surface area contributed by atoms with E-state index in [4.69, 9.17) is 5.53 Å². The number of hydrogen-bond acceptors (Lipinski definition) is 2. The van der Waals surface area contributed by atoms with Crippen molar-refractivity contribution < 1.29 is 0 Å². The average Bonchev–Trinajstić information content (AvgIpc) is 2.45. The highest BCUT2D eigenvalue weighted by Crippen LogP contribution is 1.89. The number of hydrogen-bond donors (Lipinski definition) is 0. The largest absolute Gasteiger partial charge is 0.339 e. The summed E-state index contributed by atoms with van der Waals surface area (Å²) >= 11 is 0. The molecule has 0 atom stereocenters. The summed E-state index contributed by atoms with van der Waals surface area (Å²) in [7, 11) is 1.87. The lowest BCUT2D eigenvalue weighted by atomic mass is 10.4. The predicted octanol–water partition coefficient (Wildman–Crippen LogP) is 1.08. The molecule has 0 aliphatic rings. The summed E-state index contributed by atoms with van der Waals surface area (Å²) in [5, 5.41) is 3.27. The first-order valence-corrected chi connectivity index (χ1v) is 3.30. The normalized spacial score (nSPS) is 8.08. The Kier molecular flexibility index (Phi) is 2.77. The molecule has 0 radical (unpaired) electrons. The van der Waals surface area contributed by atoms with Gasteiger partial charge in [0.15, 0.2) is 0 Å². The molecule has 60 valence electrons. The molecule has 0 spiro atoms. The second kappa shape index (κ2) is 4.06. The van der Waals surface area contributed by atoms with Crippen LogP contribution in [-0.4, -0.2) is 16.1 Å². The molecule has 1 rings (SSSR count). The molecule has 1 heterocycles. The van der Waals surface area contributed by atoms with Crippen LogP contribution in [0.5, 0.6) is 0 Å². The molecule has 0 aliphatic heterocycles. The monoisotopic (exact) mass is 161 g/mol. The highest BCUT2D eigenvalue weighted by molar-refractivity contribution is 5.25. The molecule has 0 aromatic carbocycles. The first-order chi connectivity index (χ1) is 5.83. The second-order valence-electron chi connectivity index (χ2n) is 2.12. The third-order valence-corrected chi connectivity index (χ3v) is 1.13. The Morgan fingerprint density at radius 1 is 1.83 bits per heavy atom. The van der Waals surface area contributed by atoms with E-state index in [1.165, 1.54) is 0 Å². The number of imidazole rings is 1. The maximum absolute atomic E-state index is 7.94. The lowest BCUT2D eigenvalue weighted by molar-refractivity contribution is 0.913. The summed E-state index contributed by atoms with van der Waals surface area (Å²) in [5.41, 5.74) is 8.62. The summed E-state index contributed by atoms with van der Waals surface area (Å²) in [6, 6.07) is 0. The molecule has 0 bridgehead atoms. The van der Waals surface area contributed by atoms with Crippen LogP contribution in [0, 0.1) is 11.8 Å². The van der Waals surface area contributed by atoms with Gasteiger partial charge >= 0.3 is 0 Å². The maximum Gasteiger partial charge on any atom is 0.131 e. The number of aromatic nitrogens is 2. The minimum absolute atomic E-state index is 0.188. The van der Waals surface area contributed by atoms with Gasteiger partial charge in [0.25, 0.3) is 0 Å². The number of aryl methyl sites for hydroxylation is 1. The van der Waals surface area contributed by atoms with E-state index >= 15 is 0 Å². The molecule has 0 saturated carbocycles. The summed E-state index contributed by atoms with van der Waals surface area (Å²) < 4.78 is 1.80. The van der Waals surface area contributed by atoms with E-state index in [1.807, 2.05) is 7.05 Å². The van der Waals surface area contributed by atoms with Crippen molar-refractivity contribution in [3.05, 3.63) is 28.7 Å². The van der Waals surface area contributed by atoms with Crippen molar-refractivity contribution in [2.24, 2.45) is 12.2 Å². The molecule has 5 heteroatoms. The smallest absolute Gasteiger partial charge is 0.131 e. The van der Waals surface area contributed by atoms with Crippen molar-refractivity contribution in [1.29, 1.82) is 0 Å². The average molecular weight is 161 g/mol. The van der Waals surface area contributed by atoms with Crippen LogP contribution in [0.2, 0.25) is 0 Å². The molecule has 0 amide bonds. The van der Waals surface area contributed by atoms with E-state index in [0.29, 0.717) is 5.69 Å². The highest BCUT2D eigenvalue weighted by Gasteiger charge is 1.87. The fraction of sp³-hybridized carbons (Fsp3) is 0.286. The molecule has 5 nitrogen and oxygen atoms in total. The van der Waals surface area contributed by atoms with Crippen molar-refractivity contribution in [2.45, 2.75) is 0 Å². The lowest BCUT2D eigenvalue weighted by Crippen LogP contribution is -1.77. The molecule has 1 aromatic rings. The third kappa shape index (κ3) is 2.37. The van der Waals surface area contributed by atoms with Gasteiger partial charge < -0.3 is 4.57 Å². The van der Waals surface area contributed by atoms with E-state index in [9.17, 15) is 0 Å². The summed E-state index contributed by atoms with van der Waals surface area (Å²) in [4.78, 5) is 6.54. The minimum atomic E-state index is 0.188. The third-order valence-electron chi connectivity index (χ3n) is 1.13. The first-order valence-electron chi connectivity index (χ1n) is 3.30. The summed E-state index contributed by atoms with van der Waals surface area (Å²) in [6.07, 6.45) is 3.46. The Balaban J connectivity index is 2.60. The molecular weight excluding hydrogens is 154 g/mol. The molecule has 0 fully saturated rings. The van der Waals surface area contributed by atoms with Crippen molar-refractivity contribution >= 4 is 0 Å². The van der Waals surface area contributed by atoms with Gasteiger partial charge in [-0.05, 0) is 11.5 Å². The van der Waals surface area contributed by atoms with Gasteiger partial charge in [-0.2, -0.15) is 0 Å². The van der Waals surface area contributed by atoms with Crippen LogP contribution in [0.1, 0.15) is 5.69 Å². The Bertz CT molecular complexity index is 361. The molecular formula is C7H7N5. The van der Waals surface area contributed by atoms with Crippen LogP contribution < -0.4 is 0 Å². The van der Waals surface area contributed by atoms with E-state index < -0.39 is 0 Å². The fourth-order valence-electron chi connectivity index (χ4n) is 0.674. The highest BCUT2D eigenvalue weighted by atomic mass is 15.1. The first kappa shape index (κ1) is 8.18. The molecule has 0 saturated heterocycles. The van der Waals surface area contributed by atoms with Gasteiger partial charge in [0.1, 0.15) is 5.69 Å². The van der Waals surface area contributed by atoms with Crippen molar-refractivity contribution in [3.8, 4) is 11.8 Å². The summed E-state index contributed by atoms with van der Waals surface area (Å²) in [6.45, 7) is 0.188. The van der Waals surface area contributed by atoms with Gasteiger partial charge in [-0.3, -0.25) is 0 Å². The van der Waals surface area contributed by atoms with Gasteiger partial charge in [0.2, 0.25) is 0 Å². The zero-order chi connectivity index (χ0) is 8.81. The second-order valence-corrected chi connectivity index (χ2v) is 2.12. The van der Waals surface area contributed by atoms with E-state index in [1.54, 1.807) is 17.1 Å². The van der Waals surface area contributed by atoms with Gasteiger partial charge in [-0.15, -0.1) is 0 Å². The van der Waals surface area contributed by atoms with E-state index in [2.05, 4.69) is 26.9 Å².